The maximum absolute atomic E-state index is 5.60. The summed E-state index contributed by atoms with van der Waals surface area (Å²) >= 11 is 2.78. The van der Waals surface area contributed by atoms with E-state index in [1.54, 1.807) is 0 Å². The molecule has 0 spiro atoms. The molecule has 2 heterocycles. The van der Waals surface area contributed by atoms with Crippen molar-refractivity contribution < 1.29 is 4.42 Å². The van der Waals surface area contributed by atoms with Gasteiger partial charge in [-0.3, -0.25) is 0 Å². The van der Waals surface area contributed by atoms with Crippen molar-refractivity contribution in [2.24, 2.45) is 0 Å². The first-order chi connectivity index (χ1) is 9.33. The molecular weight excluding hydrogens is 280 g/mol. The molecule has 0 atom stereocenters. The minimum Gasteiger partial charge on any atom is -0.410 e. The average molecular weight is 290 g/mol. The summed E-state index contributed by atoms with van der Waals surface area (Å²) in [7, 11) is 0. The smallest absolute Gasteiger partial charge is 0.277 e. The Morgan fingerprint density at radius 2 is 2.00 bits per heavy atom. The Hall–Kier alpha value is -1.73. The number of hydrogen-bond donors (Lipinski definition) is 0. The summed E-state index contributed by atoms with van der Waals surface area (Å²) in [5.41, 5.74) is 2.04. The Kier molecular flexibility index (Phi) is 3.56. The molecule has 3 rings (SSSR count). The summed E-state index contributed by atoms with van der Waals surface area (Å²) in [5, 5.41) is 12.5. The van der Waals surface area contributed by atoms with Crippen LogP contribution in [0.15, 0.2) is 40.0 Å². The molecule has 0 aliphatic carbocycles. The lowest BCUT2D eigenvalue weighted by Crippen LogP contribution is -1.79. The van der Waals surface area contributed by atoms with Crippen LogP contribution in [0.4, 0.5) is 0 Å². The van der Waals surface area contributed by atoms with Crippen LogP contribution in [0.2, 0.25) is 0 Å². The summed E-state index contributed by atoms with van der Waals surface area (Å²) in [5.74, 6) is 1.30. The predicted octanol–water partition coefficient (Wildman–Crippen LogP) is 3.19. The molecule has 5 nitrogen and oxygen atoms in total. The third kappa shape index (κ3) is 2.82. The van der Waals surface area contributed by atoms with Gasteiger partial charge in [0.2, 0.25) is 0 Å². The largest absolute Gasteiger partial charge is 0.410 e. The van der Waals surface area contributed by atoms with Gasteiger partial charge in [0.25, 0.3) is 11.1 Å². The number of thioether (sulfide) groups is 1. The van der Waals surface area contributed by atoms with Gasteiger partial charge < -0.3 is 4.42 Å². The first-order valence-corrected chi connectivity index (χ1v) is 7.38. The molecule has 0 amide bonds. The first kappa shape index (κ1) is 12.3. The van der Waals surface area contributed by atoms with Gasteiger partial charge >= 0.3 is 0 Å². The zero-order chi connectivity index (χ0) is 13.1. The van der Waals surface area contributed by atoms with Crippen LogP contribution < -0.4 is 0 Å². The lowest BCUT2D eigenvalue weighted by atomic mass is 10.2. The van der Waals surface area contributed by atoms with Crippen LogP contribution in [-0.4, -0.2) is 19.8 Å². The summed E-state index contributed by atoms with van der Waals surface area (Å²) in [6, 6.07) is 10.2. The van der Waals surface area contributed by atoms with Crippen LogP contribution in [0.25, 0.3) is 10.8 Å². The zero-order valence-corrected chi connectivity index (χ0v) is 11.7. The van der Waals surface area contributed by atoms with Crippen LogP contribution in [-0.2, 0) is 5.75 Å². The fourth-order valence-corrected chi connectivity index (χ4v) is 2.80. The Morgan fingerprint density at radius 3 is 2.74 bits per heavy atom. The second-order valence-corrected chi connectivity index (χ2v) is 5.52. The van der Waals surface area contributed by atoms with Crippen LogP contribution in [0, 0.1) is 6.92 Å². The van der Waals surface area contributed by atoms with Crippen molar-refractivity contribution in [2.45, 2.75) is 17.9 Å². The Bertz CT molecular complexity index is 665. The molecular formula is C12H10N4OS2. The normalized spacial score (nSPS) is 10.8. The molecule has 0 fully saturated rings. The van der Waals surface area contributed by atoms with Crippen molar-refractivity contribution in [3.63, 3.8) is 0 Å². The maximum atomic E-state index is 5.60. The van der Waals surface area contributed by atoms with E-state index in [2.05, 4.69) is 31.9 Å². The first-order valence-electron chi connectivity index (χ1n) is 5.62. The van der Waals surface area contributed by atoms with E-state index in [-0.39, 0.29) is 0 Å². The molecule has 0 aliphatic heterocycles. The third-order valence-electron chi connectivity index (χ3n) is 2.46. The molecule has 7 heteroatoms. The SMILES string of the molecule is Cc1nnsc1-c1nnc(SCc2ccccc2)o1. The second kappa shape index (κ2) is 5.50. The van der Waals surface area contributed by atoms with Gasteiger partial charge in [-0.15, -0.1) is 15.3 Å². The Labute approximate surface area is 118 Å². The fraction of sp³-hybridized carbons (Fsp3) is 0.167. The highest BCUT2D eigenvalue weighted by molar-refractivity contribution is 7.98. The molecule has 0 aliphatic rings. The molecule has 0 radical (unpaired) electrons. The molecule has 0 unspecified atom stereocenters. The molecule has 0 N–H and O–H groups in total. The van der Waals surface area contributed by atoms with Gasteiger partial charge in [0, 0.05) is 5.75 Å². The third-order valence-corrected chi connectivity index (χ3v) is 4.16. The number of benzene rings is 1. The van der Waals surface area contributed by atoms with Crippen molar-refractivity contribution in [1.82, 2.24) is 19.8 Å². The molecule has 19 heavy (non-hydrogen) atoms. The molecule has 2 aromatic heterocycles. The minimum absolute atomic E-state index is 0.489. The lowest BCUT2D eigenvalue weighted by Gasteiger charge is -1.96. The molecule has 0 saturated carbocycles. The van der Waals surface area contributed by atoms with Crippen molar-refractivity contribution >= 4 is 23.3 Å². The molecule has 1 aromatic carbocycles. The van der Waals surface area contributed by atoms with Crippen LogP contribution in [0.1, 0.15) is 11.3 Å². The topological polar surface area (TPSA) is 64.7 Å². The second-order valence-electron chi connectivity index (χ2n) is 3.83. The Morgan fingerprint density at radius 1 is 1.16 bits per heavy atom. The molecule has 0 saturated heterocycles. The predicted molar refractivity (Wildman–Crippen MR) is 73.9 cm³/mol. The molecule has 3 aromatic rings. The number of nitrogens with zero attached hydrogens (tertiary/aromatic N) is 4. The van der Waals surface area contributed by atoms with Crippen LogP contribution in [0.5, 0.6) is 0 Å². The monoisotopic (exact) mass is 290 g/mol. The number of aromatic nitrogens is 4. The van der Waals surface area contributed by atoms with Gasteiger partial charge in [-0.05, 0) is 24.0 Å². The standard InChI is InChI=1S/C12H10N4OS2/c1-8-10(19-16-13-8)11-14-15-12(17-11)18-7-9-5-3-2-4-6-9/h2-6H,7H2,1H3. The van der Waals surface area contributed by atoms with E-state index < -0.39 is 0 Å². The zero-order valence-electron chi connectivity index (χ0n) is 10.1. The highest BCUT2D eigenvalue weighted by Gasteiger charge is 2.14. The van der Waals surface area contributed by atoms with E-state index in [0.717, 1.165) is 16.3 Å². The average Bonchev–Trinajstić information content (AvgIpc) is 3.06. The van der Waals surface area contributed by atoms with E-state index in [9.17, 15) is 0 Å². The van der Waals surface area contributed by atoms with Crippen LogP contribution in [0.3, 0.4) is 0 Å². The summed E-state index contributed by atoms with van der Waals surface area (Å²) in [6.45, 7) is 1.87. The van der Waals surface area contributed by atoms with Crippen molar-refractivity contribution in [3.05, 3.63) is 41.6 Å². The van der Waals surface area contributed by atoms with Gasteiger partial charge in [0.1, 0.15) is 4.88 Å². The van der Waals surface area contributed by atoms with Gasteiger partial charge in [-0.1, -0.05) is 46.6 Å². The van der Waals surface area contributed by atoms with Crippen molar-refractivity contribution in [2.75, 3.05) is 0 Å². The number of hydrogen-bond acceptors (Lipinski definition) is 7. The van der Waals surface area contributed by atoms with Crippen molar-refractivity contribution in [1.29, 1.82) is 0 Å². The Balaban J connectivity index is 1.71. The lowest BCUT2D eigenvalue weighted by molar-refractivity contribution is 0.466. The van der Waals surface area contributed by atoms with Crippen LogP contribution >= 0.6 is 23.3 Å². The fourth-order valence-electron chi connectivity index (χ4n) is 1.51. The minimum atomic E-state index is 0.489. The summed E-state index contributed by atoms with van der Waals surface area (Å²) in [4.78, 5) is 0.832. The maximum Gasteiger partial charge on any atom is 0.277 e. The molecule has 0 bridgehead atoms. The summed E-state index contributed by atoms with van der Waals surface area (Å²) in [6.07, 6.45) is 0. The van der Waals surface area contributed by atoms with E-state index >= 15 is 0 Å². The quantitative estimate of drug-likeness (QED) is 0.688. The van der Waals surface area contributed by atoms with E-state index in [4.69, 9.17) is 4.42 Å². The van der Waals surface area contributed by atoms with Gasteiger partial charge in [0.05, 0.1) is 5.69 Å². The summed E-state index contributed by atoms with van der Waals surface area (Å²) < 4.78 is 9.46. The van der Waals surface area contributed by atoms with E-state index in [1.165, 1.54) is 28.9 Å². The number of rotatable bonds is 4. The molecule has 96 valence electrons. The van der Waals surface area contributed by atoms with E-state index in [0.29, 0.717) is 11.1 Å². The number of aryl methyl sites for hydroxylation is 1. The van der Waals surface area contributed by atoms with E-state index in [1.807, 2.05) is 25.1 Å². The van der Waals surface area contributed by atoms with Gasteiger partial charge in [0.15, 0.2) is 0 Å². The highest BCUT2D eigenvalue weighted by Crippen LogP contribution is 2.28. The van der Waals surface area contributed by atoms with Gasteiger partial charge in [-0.2, -0.15) is 0 Å². The van der Waals surface area contributed by atoms with Gasteiger partial charge in [-0.25, -0.2) is 0 Å². The highest BCUT2D eigenvalue weighted by atomic mass is 32.2. The van der Waals surface area contributed by atoms with Crippen molar-refractivity contribution in [3.8, 4) is 10.8 Å².